The number of hydrogen-bond donors (Lipinski definition) is 0. The van der Waals surface area contributed by atoms with Crippen LogP contribution in [0.15, 0.2) is 45.9 Å². The molecule has 0 aliphatic heterocycles. The standard InChI is InChI=1S/C13H8BrClN2O3/c14-10-3-1-2-4-11(10)16-7-8-5-9(15)6-12(13(8)18)17(19)20/h1-7,18H/p-1. The number of nitro groups is 1. The fourth-order valence-corrected chi connectivity index (χ4v) is 2.13. The van der Waals surface area contributed by atoms with Crippen molar-refractivity contribution in [2.75, 3.05) is 0 Å². The van der Waals surface area contributed by atoms with Crippen LogP contribution < -0.4 is 5.11 Å². The van der Waals surface area contributed by atoms with Crippen LogP contribution >= 0.6 is 27.5 Å². The molecule has 0 aliphatic rings. The van der Waals surface area contributed by atoms with Gasteiger partial charge in [-0.3, -0.25) is 15.1 Å². The second-order valence-electron chi connectivity index (χ2n) is 3.81. The predicted molar refractivity (Wildman–Crippen MR) is 78.9 cm³/mol. The van der Waals surface area contributed by atoms with Gasteiger partial charge in [0.15, 0.2) is 0 Å². The lowest BCUT2D eigenvalue weighted by Gasteiger charge is -2.10. The Labute approximate surface area is 127 Å². The number of halogens is 2. The minimum Gasteiger partial charge on any atom is -0.867 e. The van der Waals surface area contributed by atoms with Gasteiger partial charge in [0.2, 0.25) is 0 Å². The average molecular weight is 355 g/mol. The monoisotopic (exact) mass is 353 g/mol. The van der Waals surface area contributed by atoms with E-state index in [-0.39, 0.29) is 10.6 Å². The Hall–Kier alpha value is -1.92. The van der Waals surface area contributed by atoms with Gasteiger partial charge < -0.3 is 5.11 Å². The van der Waals surface area contributed by atoms with Crippen molar-refractivity contribution < 1.29 is 10.0 Å². The summed E-state index contributed by atoms with van der Waals surface area (Å²) in [5.41, 5.74) is 0.112. The number of hydrogen-bond acceptors (Lipinski definition) is 4. The summed E-state index contributed by atoms with van der Waals surface area (Å²) in [5, 5.41) is 22.7. The van der Waals surface area contributed by atoms with E-state index in [9.17, 15) is 15.2 Å². The number of aliphatic imine (C=N–C) groups is 1. The molecule has 0 N–H and O–H groups in total. The zero-order valence-electron chi connectivity index (χ0n) is 9.92. The van der Waals surface area contributed by atoms with Crippen LogP contribution in [0.2, 0.25) is 5.02 Å². The fourth-order valence-electron chi connectivity index (χ4n) is 1.53. The van der Waals surface area contributed by atoms with E-state index in [1.807, 2.05) is 6.07 Å². The molecule has 20 heavy (non-hydrogen) atoms. The summed E-state index contributed by atoms with van der Waals surface area (Å²) in [5.74, 6) is -0.713. The van der Waals surface area contributed by atoms with Crippen LogP contribution in [-0.4, -0.2) is 11.1 Å². The van der Waals surface area contributed by atoms with Crippen molar-refractivity contribution in [2.45, 2.75) is 0 Å². The number of benzene rings is 2. The van der Waals surface area contributed by atoms with Crippen molar-refractivity contribution in [1.82, 2.24) is 0 Å². The van der Waals surface area contributed by atoms with E-state index >= 15 is 0 Å². The maximum Gasteiger partial charge on any atom is 0.263 e. The van der Waals surface area contributed by atoms with E-state index in [1.54, 1.807) is 18.2 Å². The van der Waals surface area contributed by atoms with Gasteiger partial charge >= 0.3 is 0 Å². The Bertz CT molecular complexity index is 704. The fraction of sp³-hybridized carbons (Fsp3) is 0. The third-order valence-electron chi connectivity index (χ3n) is 2.45. The predicted octanol–water partition coefficient (Wildman–Crippen LogP) is 3.83. The number of nitrogens with zero attached hydrogens (tertiary/aromatic N) is 2. The highest BCUT2D eigenvalue weighted by Gasteiger charge is 2.11. The van der Waals surface area contributed by atoms with Gasteiger partial charge in [0, 0.05) is 21.8 Å². The van der Waals surface area contributed by atoms with Crippen LogP contribution in [0.25, 0.3) is 0 Å². The lowest BCUT2D eigenvalue weighted by Crippen LogP contribution is -2.02. The van der Waals surface area contributed by atoms with Crippen LogP contribution in [0.4, 0.5) is 11.4 Å². The topological polar surface area (TPSA) is 78.6 Å². The van der Waals surface area contributed by atoms with Crippen LogP contribution in [0.3, 0.4) is 0 Å². The molecule has 2 aromatic carbocycles. The highest BCUT2D eigenvalue weighted by molar-refractivity contribution is 9.10. The normalized spacial score (nSPS) is 10.9. The van der Waals surface area contributed by atoms with Crippen molar-refractivity contribution in [3.05, 3.63) is 61.6 Å². The Morgan fingerprint density at radius 1 is 1.30 bits per heavy atom. The average Bonchev–Trinajstić information content (AvgIpc) is 2.40. The molecule has 102 valence electrons. The minimum absolute atomic E-state index is 0.0694. The Balaban J connectivity index is 2.44. The van der Waals surface area contributed by atoms with E-state index < -0.39 is 16.4 Å². The largest absolute Gasteiger partial charge is 0.867 e. The summed E-state index contributed by atoms with van der Waals surface area (Å²) in [6.45, 7) is 0. The quantitative estimate of drug-likeness (QED) is 0.477. The molecule has 0 heterocycles. The van der Waals surface area contributed by atoms with Crippen molar-refractivity contribution in [3.8, 4) is 5.75 Å². The maximum absolute atomic E-state index is 11.9. The highest BCUT2D eigenvalue weighted by Crippen LogP contribution is 2.31. The summed E-state index contributed by atoms with van der Waals surface area (Å²) in [7, 11) is 0. The van der Waals surface area contributed by atoms with Gasteiger partial charge in [-0.2, -0.15) is 0 Å². The molecule has 0 unspecified atom stereocenters. The number of para-hydroxylation sites is 1. The molecule has 0 aliphatic carbocycles. The number of nitro benzene ring substituents is 1. The van der Waals surface area contributed by atoms with Gasteiger partial charge in [-0.1, -0.05) is 23.7 Å². The first kappa shape index (κ1) is 14.5. The summed E-state index contributed by atoms with van der Waals surface area (Å²) < 4.78 is 0.750. The van der Waals surface area contributed by atoms with Crippen molar-refractivity contribution in [3.63, 3.8) is 0 Å². The molecule has 0 saturated heterocycles. The molecule has 0 radical (unpaired) electrons. The van der Waals surface area contributed by atoms with E-state index in [0.29, 0.717) is 5.69 Å². The highest BCUT2D eigenvalue weighted by atomic mass is 79.9. The first-order valence-electron chi connectivity index (χ1n) is 5.42. The third-order valence-corrected chi connectivity index (χ3v) is 3.34. The van der Waals surface area contributed by atoms with Gasteiger partial charge in [0.25, 0.3) is 5.69 Å². The van der Waals surface area contributed by atoms with Gasteiger partial charge in [-0.05, 0) is 45.4 Å². The molecule has 0 saturated carbocycles. The summed E-state index contributed by atoms with van der Waals surface area (Å²) in [6.07, 6.45) is 1.27. The maximum atomic E-state index is 11.9. The molecular formula is C13H7BrClN2O3-. The molecule has 0 amide bonds. The van der Waals surface area contributed by atoms with Crippen molar-refractivity contribution >= 4 is 45.1 Å². The molecule has 0 bridgehead atoms. The molecule has 0 spiro atoms. The van der Waals surface area contributed by atoms with Crippen LogP contribution in [0.1, 0.15) is 5.56 Å². The minimum atomic E-state index is -0.760. The lowest BCUT2D eigenvalue weighted by molar-refractivity contribution is -0.398. The van der Waals surface area contributed by atoms with Gasteiger partial charge in [-0.25, -0.2) is 0 Å². The molecule has 7 heteroatoms. The van der Waals surface area contributed by atoms with Crippen LogP contribution in [0.5, 0.6) is 5.75 Å². The van der Waals surface area contributed by atoms with E-state index in [1.165, 1.54) is 12.3 Å². The molecule has 5 nitrogen and oxygen atoms in total. The second-order valence-corrected chi connectivity index (χ2v) is 5.10. The van der Waals surface area contributed by atoms with Gasteiger partial charge in [0.1, 0.15) is 0 Å². The van der Waals surface area contributed by atoms with Crippen LogP contribution in [0, 0.1) is 10.1 Å². The third kappa shape index (κ3) is 3.15. The van der Waals surface area contributed by atoms with E-state index in [2.05, 4.69) is 20.9 Å². The Kier molecular flexibility index (Phi) is 4.36. The molecule has 0 fully saturated rings. The van der Waals surface area contributed by atoms with Crippen LogP contribution in [-0.2, 0) is 0 Å². The lowest BCUT2D eigenvalue weighted by atomic mass is 10.2. The summed E-state index contributed by atoms with van der Waals surface area (Å²) >= 11 is 9.08. The molecular weight excluding hydrogens is 348 g/mol. The smallest absolute Gasteiger partial charge is 0.263 e. The van der Waals surface area contributed by atoms with Gasteiger partial charge in [-0.15, -0.1) is 0 Å². The first-order valence-corrected chi connectivity index (χ1v) is 6.59. The molecule has 2 rings (SSSR count). The Morgan fingerprint density at radius 2 is 2.00 bits per heavy atom. The Morgan fingerprint density at radius 3 is 2.65 bits per heavy atom. The zero-order valence-corrected chi connectivity index (χ0v) is 12.3. The summed E-state index contributed by atoms with van der Waals surface area (Å²) in [6, 6.07) is 9.52. The zero-order chi connectivity index (χ0) is 14.7. The number of rotatable bonds is 3. The molecule has 0 atom stereocenters. The van der Waals surface area contributed by atoms with E-state index in [0.717, 1.165) is 10.5 Å². The molecule has 2 aromatic rings. The van der Waals surface area contributed by atoms with Crippen molar-refractivity contribution in [1.29, 1.82) is 0 Å². The second kappa shape index (κ2) is 6.02. The van der Waals surface area contributed by atoms with Crippen molar-refractivity contribution in [2.24, 2.45) is 4.99 Å². The SMILES string of the molecule is O=[N+]([O-])c1cc(Cl)cc(C=Nc2ccccc2Br)c1[O-]. The van der Waals surface area contributed by atoms with Gasteiger partial charge in [0.05, 0.1) is 10.6 Å². The first-order chi connectivity index (χ1) is 9.49. The van der Waals surface area contributed by atoms with E-state index in [4.69, 9.17) is 11.6 Å². The molecule has 0 aromatic heterocycles. The summed E-state index contributed by atoms with van der Waals surface area (Å²) in [4.78, 5) is 14.1.